The predicted octanol–water partition coefficient (Wildman–Crippen LogP) is 2.70. The van der Waals surface area contributed by atoms with Crippen LogP contribution in [0, 0.1) is 0 Å². The number of hydrogen-bond acceptors (Lipinski definition) is 2. The van der Waals surface area contributed by atoms with Crippen LogP contribution >= 0.6 is 0 Å². The van der Waals surface area contributed by atoms with Gasteiger partial charge in [0.05, 0.1) is 5.69 Å². The third-order valence-corrected chi connectivity index (χ3v) is 2.92. The summed E-state index contributed by atoms with van der Waals surface area (Å²) in [7, 11) is 0. The van der Waals surface area contributed by atoms with Gasteiger partial charge >= 0.3 is 0 Å². The van der Waals surface area contributed by atoms with E-state index < -0.39 is 0 Å². The second-order valence-corrected chi connectivity index (χ2v) is 4.52. The van der Waals surface area contributed by atoms with Gasteiger partial charge in [0, 0.05) is 16.8 Å². The Morgan fingerprint density at radius 2 is 1.94 bits per heavy atom. The van der Waals surface area contributed by atoms with Gasteiger partial charge in [-0.25, -0.2) is 0 Å². The van der Waals surface area contributed by atoms with Gasteiger partial charge in [-0.1, -0.05) is 44.2 Å². The molecule has 0 spiro atoms. The van der Waals surface area contributed by atoms with Gasteiger partial charge in [0.25, 0.3) is 0 Å². The molecule has 0 fully saturated rings. The Kier molecular flexibility index (Phi) is 3.59. The van der Waals surface area contributed by atoms with E-state index in [-0.39, 0.29) is 0 Å². The molecule has 0 unspecified atom stereocenters. The predicted molar refractivity (Wildman–Crippen MR) is 70.9 cm³/mol. The van der Waals surface area contributed by atoms with Gasteiger partial charge in [-0.2, -0.15) is 5.10 Å². The first-order valence-electron chi connectivity index (χ1n) is 6.06. The number of rotatable bonds is 4. The summed E-state index contributed by atoms with van der Waals surface area (Å²) in [6.45, 7) is 4.99. The van der Waals surface area contributed by atoms with Crippen molar-refractivity contribution in [2.45, 2.75) is 26.2 Å². The maximum Gasteiger partial charge on any atom is 0.0956 e. The second-order valence-electron chi connectivity index (χ2n) is 4.52. The van der Waals surface area contributed by atoms with Crippen LogP contribution in [-0.2, 0) is 6.42 Å². The SMILES string of the molecule is CC(C)c1[nH]nc(-c2ccccc2)c1CCN. The average molecular weight is 229 g/mol. The zero-order valence-corrected chi connectivity index (χ0v) is 10.4. The number of aromatic amines is 1. The lowest BCUT2D eigenvalue weighted by Crippen LogP contribution is -2.06. The van der Waals surface area contributed by atoms with Gasteiger partial charge in [0.1, 0.15) is 0 Å². The van der Waals surface area contributed by atoms with Crippen LogP contribution in [0.1, 0.15) is 31.0 Å². The molecular weight excluding hydrogens is 210 g/mol. The maximum atomic E-state index is 5.69. The van der Waals surface area contributed by atoms with Gasteiger partial charge < -0.3 is 5.73 Å². The minimum atomic E-state index is 0.446. The molecule has 0 atom stereocenters. The Hall–Kier alpha value is -1.61. The Bertz CT molecular complexity index is 471. The standard InChI is InChI=1S/C14H19N3/c1-10(2)13-12(8-9-15)14(17-16-13)11-6-4-3-5-7-11/h3-7,10H,8-9,15H2,1-2H3,(H,16,17). The van der Waals surface area contributed by atoms with E-state index in [2.05, 4.69) is 36.2 Å². The quantitative estimate of drug-likeness (QED) is 0.847. The Morgan fingerprint density at radius 3 is 2.53 bits per heavy atom. The molecular formula is C14H19N3. The van der Waals surface area contributed by atoms with Gasteiger partial charge in [-0.15, -0.1) is 0 Å². The molecule has 3 heteroatoms. The first-order chi connectivity index (χ1) is 8.24. The van der Waals surface area contributed by atoms with Crippen LogP contribution in [0.4, 0.5) is 0 Å². The fourth-order valence-corrected chi connectivity index (χ4v) is 2.09. The van der Waals surface area contributed by atoms with Gasteiger partial charge in [0.2, 0.25) is 0 Å². The van der Waals surface area contributed by atoms with E-state index in [4.69, 9.17) is 5.73 Å². The van der Waals surface area contributed by atoms with Crippen molar-refractivity contribution in [3.05, 3.63) is 41.6 Å². The van der Waals surface area contributed by atoms with Crippen molar-refractivity contribution in [1.82, 2.24) is 10.2 Å². The van der Waals surface area contributed by atoms with E-state index in [1.165, 1.54) is 11.3 Å². The van der Waals surface area contributed by atoms with Gasteiger partial charge in [-0.3, -0.25) is 5.10 Å². The monoisotopic (exact) mass is 229 g/mol. The molecule has 2 rings (SSSR count). The van der Waals surface area contributed by atoms with Crippen LogP contribution in [0.15, 0.2) is 30.3 Å². The molecule has 3 nitrogen and oxygen atoms in total. The molecule has 0 aliphatic carbocycles. The molecule has 0 amide bonds. The van der Waals surface area contributed by atoms with Crippen molar-refractivity contribution in [1.29, 1.82) is 0 Å². The highest BCUT2D eigenvalue weighted by atomic mass is 15.1. The first-order valence-corrected chi connectivity index (χ1v) is 6.06. The molecule has 3 N–H and O–H groups in total. The van der Waals surface area contributed by atoms with Crippen LogP contribution < -0.4 is 5.73 Å². The molecule has 0 radical (unpaired) electrons. The van der Waals surface area contributed by atoms with Crippen molar-refractivity contribution >= 4 is 0 Å². The molecule has 17 heavy (non-hydrogen) atoms. The number of benzene rings is 1. The number of aromatic nitrogens is 2. The van der Waals surface area contributed by atoms with E-state index in [0.29, 0.717) is 12.5 Å². The summed E-state index contributed by atoms with van der Waals surface area (Å²) in [5.41, 5.74) is 10.3. The van der Waals surface area contributed by atoms with Crippen LogP contribution in [-0.4, -0.2) is 16.7 Å². The third-order valence-electron chi connectivity index (χ3n) is 2.92. The van der Waals surface area contributed by atoms with Gasteiger partial charge in [-0.05, 0) is 18.9 Å². The van der Waals surface area contributed by atoms with Crippen molar-refractivity contribution in [3.63, 3.8) is 0 Å². The molecule has 0 aliphatic heterocycles. The highest BCUT2D eigenvalue weighted by Gasteiger charge is 2.15. The maximum absolute atomic E-state index is 5.69. The lowest BCUT2D eigenvalue weighted by Gasteiger charge is -2.07. The normalized spacial score (nSPS) is 11.1. The summed E-state index contributed by atoms with van der Waals surface area (Å²) in [5.74, 6) is 0.446. The van der Waals surface area contributed by atoms with Crippen LogP contribution in [0.2, 0.25) is 0 Å². The Morgan fingerprint density at radius 1 is 1.24 bits per heavy atom. The van der Waals surface area contributed by atoms with Gasteiger partial charge in [0.15, 0.2) is 0 Å². The highest BCUT2D eigenvalue weighted by Crippen LogP contribution is 2.27. The minimum absolute atomic E-state index is 0.446. The van der Waals surface area contributed by atoms with Crippen molar-refractivity contribution < 1.29 is 0 Å². The molecule has 1 aromatic heterocycles. The minimum Gasteiger partial charge on any atom is -0.330 e. The summed E-state index contributed by atoms with van der Waals surface area (Å²) >= 11 is 0. The Balaban J connectivity index is 2.47. The number of hydrogen-bond donors (Lipinski definition) is 2. The number of nitrogens with two attached hydrogens (primary N) is 1. The Labute approximate surface area is 102 Å². The smallest absolute Gasteiger partial charge is 0.0956 e. The van der Waals surface area contributed by atoms with E-state index in [0.717, 1.165) is 17.7 Å². The zero-order chi connectivity index (χ0) is 12.3. The molecule has 0 aliphatic rings. The number of nitrogens with zero attached hydrogens (tertiary/aromatic N) is 1. The molecule has 90 valence electrons. The summed E-state index contributed by atoms with van der Waals surface area (Å²) in [4.78, 5) is 0. The van der Waals surface area contributed by atoms with Crippen LogP contribution in [0.3, 0.4) is 0 Å². The topological polar surface area (TPSA) is 54.7 Å². The van der Waals surface area contributed by atoms with E-state index >= 15 is 0 Å². The van der Waals surface area contributed by atoms with Crippen molar-refractivity contribution in [3.8, 4) is 11.3 Å². The largest absolute Gasteiger partial charge is 0.330 e. The molecule has 0 saturated heterocycles. The van der Waals surface area contributed by atoms with Crippen LogP contribution in [0.5, 0.6) is 0 Å². The fraction of sp³-hybridized carbons (Fsp3) is 0.357. The highest BCUT2D eigenvalue weighted by molar-refractivity contribution is 5.64. The summed E-state index contributed by atoms with van der Waals surface area (Å²) in [5, 5.41) is 7.60. The number of H-pyrrole nitrogens is 1. The van der Waals surface area contributed by atoms with Crippen molar-refractivity contribution in [2.75, 3.05) is 6.54 Å². The van der Waals surface area contributed by atoms with E-state index in [1.807, 2.05) is 18.2 Å². The molecule has 1 heterocycles. The molecule has 0 bridgehead atoms. The first kappa shape index (κ1) is 11.9. The summed E-state index contributed by atoms with van der Waals surface area (Å²) < 4.78 is 0. The number of nitrogens with one attached hydrogen (secondary N) is 1. The molecule has 0 saturated carbocycles. The molecule has 1 aromatic carbocycles. The van der Waals surface area contributed by atoms with E-state index in [1.54, 1.807) is 0 Å². The third kappa shape index (κ3) is 2.39. The lowest BCUT2D eigenvalue weighted by molar-refractivity contribution is 0.791. The fourth-order valence-electron chi connectivity index (χ4n) is 2.09. The second kappa shape index (κ2) is 5.15. The molecule has 2 aromatic rings. The summed E-state index contributed by atoms with van der Waals surface area (Å²) in [6.07, 6.45) is 0.869. The lowest BCUT2D eigenvalue weighted by atomic mass is 9.98. The van der Waals surface area contributed by atoms with Crippen molar-refractivity contribution in [2.24, 2.45) is 5.73 Å². The summed E-state index contributed by atoms with van der Waals surface area (Å²) in [6, 6.07) is 10.2. The zero-order valence-electron chi connectivity index (χ0n) is 10.4. The average Bonchev–Trinajstić information content (AvgIpc) is 2.75. The van der Waals surface area contributed by atoms with Crippen LogP contribution in [0.25, 0.3) is 11.3 Å². The van der Waals surface area contributed by atoms with E-state index in [9.17, 15) is 0 Å².